The molecular weight excluding hydrogens is 318 g/mol. The Balaban J connectivity index is 1.19. The molecule has 6 heteroatoms. The first-order chi connectivity index (χ1) is 12.2. The molecular formula is C19H33N3O3. The second-order valence-corrected chi connectivity index (χ2v) is 8.09. The van der Waals surface area contributed by atoms with Crippen LogP contribution in [0.25, 0.3) is 0 Å². The zero-order valence-corrected chi connectivity index (χ0v) is 15.5. The molecule has 0 unspecified atom stereocenters. The maximum Gasteiger partial charge on any atom is 0.236 e. The van der Waals surface area contributed by atoms with E-state index in [4.69, 9.17) is 9.47 Å². The van der Waals surface area contributed by atoms with Crippen LogP contribution in [0.3, 0.4) is 0 Å². The predicted octanol–water partition coefficient (Wildman–Crippen LogP) is 1.30. The number of rotatable bonds is 3. The number of carbonyl (C=O) groups is 1. The van der Waals surface area contributed by atoms with Gasteiger partial charge in [-0.05, 0) is 38.8 Å². The van der Waals surface area contributed by atoms with Gasteiger partial charge in [-0.3, -0.25) is 9.69 Å². The second-order valence-electron chi connectivity index (χ2n) is 8.09. The lowest BCUT2D eigenvalue weighted by molar-refractivity contribution is -0.187. The molecule has 0 saturated carbocycles. The summed E-state index contributed by atoms with van der Waals surface area (Å²) in [5, 5.41) is 0. The normalized spacial score (nSPS) is 29.4. The Morgan fingerprint density at radius 3 is 2.16 bits per heavy atom. The van der Waals surface area contributed by atoms with Gasteiger partial charge >= 0.3 is 0 Å². The van der Waals surface area contributed by atoms with Crippen molar-refractivity contribution in [1.29, 1.82) is 0 Å². The Morgan fingerprint density at radius 1 is 0.880 bits per heavy atom. The van der Waals surface area contributed by atoms with E-state index in [1.165, 1.54) is 45.2 Å². The van der Waals surface area contributed by atoms with E-state index in [0.29, 0.717) is 19.8 Å². The topological polar surface area (TPSA) is 45.3 Å². The monoisotopic (exact) mass is 351 g/mol. The van der Waals surface area contributed by atoms with Crippen molar-refractivity contribution in [3.63, 3.8) is 0 Å². The highest BCUT2D eigenvalue weighted by Crippen LogP contribution is 2.31. The quantitative estimate of drug-likeness (QED) is 0.767. The van der Waals surface area contributed by atoms with Gasteiger partial charge in [0.25, 0.3) is 0 Å². The standard InChI is InChI=1S/C19H33N3O3/c23-18(22-12-6-19(7-13-22)24-14-15-25-19)16-20-10-4-17(5-11-20)21-8-2-1-3-9-21/h17H,1-16H2. The lowest BCUT2D eigenvalue weighted by atomic mass is 9.99. The lowest BCUT2D eigenvalue weighted by Crippen LogP contribution is -2.52. The third-order valence-corrected chi connectivity index (χ3v) is 6.51. The molecule has 0 aromatic carbocycles. The molecule has 25 heavy (non-hydrogen) atoms. The molecule has 0 aliphatic carbocycles. The highest BCUT2D eigenvalue weighted by Gasteiger charge is 2.41. The van der Waals surface area contributed by atoms with E-state index in [1.807, 2.05) is 4.90 Å². The van der Waals surface area contributed by atoms with E-state index >= 15 is 0 Å². The Bertz CT molecular complexity index is 443. The van der Waals surface area contributed by atoms with Crippen LogP contribution in [-0.4, -0.2) is 91.5 Å². The van der Waals surface area contributed by atoms with Gasteiger partial charge in [0.05, 0.1) is 19.8 Å². The molecule has 0 N–H and O–H groups in total. The fraction of sp³-hybridized carbons (Fsp3) is 0.947. The summed E-state index contributed by atoms with van der Waals surface area (Å²) in [5.41, 5.74) is 0. The predicted molar refractivity (Wildman–Crippen MR) is 95.3 cm³/mol. The van der Waals surface area contributed by atoms with Crippen molar-refractivity contribution >= 4 is 5.91 Å². The summed E-state index contributed by atoms with van der Waals surface area (Å²) in [6.07, 6.45) is 8.20. The van der Waals surface area contributed by atoms with Crippen molar-refractivity contribution < 1.29 is 14.3 Å². The zero-order chi connectivity index (χ0) is 17.1. The summed E-state index contributed by atoms with van der Waals surface area (Å²) in [6, 6.07) is 0.748. The SMILES string of the molecule is O=C(CN1CCC(N2CCCCC2)CC1)N1CCC2(CC1)OCCO2. The van der Waals surface area contributed by atoms with Crippen LogP contribution in [-0.2, 0) is 14.3 Å². The summed E-state index contributed by atoms with van der Waals surface area (Å²) in [6.45, 7) is 8.20. The molecule has 0 aromatic rings. The Labute approximate surface area is 151 Å². The van der Waals surface area contributed by atoms with Crippen LogP contribution in [0, 0.1) is 0 Å². The smallest absolute Gasteiger partial charge is 0.236 e. The number of piperidine rings is 3. The maximum absolute atomic E-state index is 12.6. The Kier molecular flexibility index (Phi) is 5.60. The minimum absolute atomic E-state index is 0.282. The fourth-order valence-electron chi connectivity index (χ4n) is 4.90. The van der Waals surface area contributed by atoms with Crippen molar-refractivity contribution in [3.05, 3.63) is 0 Å². The number of hydrogen-bond acceptors (Lipinski definition) is 5. The van der Waals surface area contributed by atoms with Crippen molar-refractivity contribution in [2.45, 2.75) is 56.8 Å². The second kappa shape index (κ2) is 7.91. The van der Waals surface area contributed by atoms with Crippen molar-refractivity contribution in [1.82, 2.24) is 14.7 Å². The molecule has 4 aliphatic heterocycles. The van der Waals surface area contributed by atoms with Crippen LogP contribution in [0.5, 0.6) is 0 Å². The Hall–Kier alpha value is -0.690. The van der Waals surface area contributed by atoms with E-state index in [0.717, 1.165) is 45.1 Å². The highest BCUT2D eigenvalue weighted by molar-refractivity contribution is 5.78. The number of amides is 1. The van der Waals surface area contributed by atoms with E-state index in [-0.39, 0.29) is 11.7 Å². The van der Waals surface area contributed by atoms with Crippen LogP contribution in [0.1, 0.15) is 44.9 Å². The molecule has 6 nitrogen and oxygen atoms in total. The number of carbonyl (C=O) groups excluding carboxylic acids is 1. The lowest BCUT2D eigenvalue weighted by Gasteiger charge is -2.41. The molecule has 0 atom stereocenters. The molecule has 0 radical (unpaired) electrons. The molecule has 0 aromatic heterocycles. The third-order valence-electron chi connectivity index (χ3n) is 6.51. The maximum atomic E-state index is 12.6. The molecule has 4 aliphatic rings. The van der Waals surface area contributed by atoms with Crippen molar-refractivity contribution in [2.24, 2.45) is 0 Å². The third kappa shape index (κ3) is 4.18. The number of ether oxygens (including phenoxy) is 2. The molecule has 4 heterocycles. The molecule has 142 valence electrons. The van der Waals surface area contributed by atoms with Gasteiger partial charge in [0, 0.05) is 45.1 Å². The average molecular weight is 351 g/mol. The van der Waals surface area contributed by atoms with Crippen LogP contribution in [0.15, 0.2) is 0 Å². The van der Waals surface area contributed by atoms with Crippen LogP contribution >= 0.6 is 0 Å². The first kappa shape index (κ1) is 17.7. The van der Waals surface area contributed by atoms with E-state index in [2.05, 4.69) is 9.80 Å². The first-order valence-electron chi connectivity index (χ1n) is 10.3. The number of likely N-dealkylation sites (tertiary alicyclic amines) is 3. The molecule has 4 saturated heterocycles. The minimum atomic E-state index is -0.385. The van der Waals surface area contributed by atoms with Crippen LogP contribution in [0.4, 0.5) is 0 Å². The van der Waals surface area contributed by atoms with Gasteiger partial charge in [0.15, 0.2) is 5.79 Å². The van der Waals surface area contributed by atoms with Gasteiger partial charge < -0.3 is 19.3 Å². The van der Waals surface area contributed by atoms with Crippen molar-refractivity contribution in [3.8, 4) is 0 Å². The van der Waals surface area contributed by atoms with Crippen molar-refractivity contribution in [2.75, 3.05) is 59.0 Å². The van der Waals surface area contributed by atoms with Gasteiger partial charge in [0.2, 0.25) is 5.91 Å². The molecule has 0 bridgehead atoms. The summed E-state index contributed by atoms with van der Waals surface area (Å²) in [7, 11) is 0. The fourth-order valence-corrected chi connectivity index (χ4v) is 4.90. The highest BCUT2D eigenvalue weighted by atomic mass is 16.7. The Morgan fingerprint density at radius 2 is 1.52 bits per heavy atom. The van der Waals surface area contributed by atoms with E-state index in [1.54, 1.807) is 0 Å². The summed E-state index contributed by atoms with van der Waals surface area (Å²) >= 11 is 0. The first-order valence-corrected chi connectivity index (χ1v) is 10.3. The summed E-state index contributed by atoms with van der Waals surface area (Å²) < 4.78 is 11.5. The van der Waals surface area contributed by atoms with Gasteiger partial charge in [-0.25, -0.2) is 0 Å². The van der Waals surface area contributed by atoms with Gasteiger partial charge in [0.1, 0.15) is 0 Å². The zero-order valence-electron chi connectivity index (χ0n) is 15.5. The van der Waals surface area contributed by atoms with E-state index in [9.17, 15) is 4.79 Å². The van der Waals surface area contributed by atoms with E-state index < -0.39 is 0 Å². The molecule has 4 rings (SSSR count). The summed E-state index contributed by atoms with van der Waals surface area (Å²) in [5.74, 6) is -0.104. The summed E-state index contributed by atoms with van der Waals surface area (Å²) in [4.78, 5) is 19.7. The van der Waals surface area contributed by atoms with Crippen LogP contribution in [0.2, 0.25) is 0 Å². The number of hydrogen-bond donors (Lipinski definition) is 0. The van der Waals surface area contributed by atoms with Gasteiger partial charge in [-0.15, -0.1) is 0 Å². The van der Waals surface area contributed by atoms with Crippen LogP contribution < -0.4 is 0 Å². The molecule has 4 fully saturated rings. The molecule has 1 amide bonds. The number of nitrogens with zero attached hydrogens (tertiary/aromatic N) is 3. The minimum Gasteiger partial charge on any atom is -0.347 e. The van der Waals surface area contributed by atoms with Gasteiger partial charge in [-0.1, -0.05) is 6.42 Å². The molecule has 1 spiro atoms. The average Bonchev–Trinajstić information content (AvgIpc) is 3.11. The van der Waals surface area contributed by atoms with Gasteiger partial charge in [-0.2, -0.15) is 0 Å². The largest absolute Gasteiger partial charge is 0.347 e.